The lowest BCUT2D eigenvalue weighted by Crippen LogP contribution is -2.34. The van der Waals surface area contributed by atoms with Crippen LogP contribution >= 0.6 is 11.6 Å². The monoisotopic (exact) mass is 352 g/mol. The molecular formula is C19H17ClN4O. The van der Waals surface area contributed by atoms with Gasteiger partial charge in [-0.3, -0.25) is 4.79 Å². The van der Waals surface area contributed by atoms with E-state index in [9.17, 15) is 4.79 Å². The molecule has 25 heavy (non-hydrogen) atoms. The Labute approximate surface area is 151 Å². The third-order valence-electron chi connectivity index (χ3n) is 3.79. The van der Waals surface area contributed by atoms with Crippen molar-refractivity contribution in [2.45, 2.75) is 20.4 Å². The summed E-state index contributed by atoms with van der Waals surface area (Å²) in [5.41, 5.74) is 2.74. The van der Waals surface area contributed by atoms with Crippen LogP contribution in [0.2, 0.25) is 0 Å². The van der Waals surface area contributed by atoms with Crippen molar-refractivity contribution in [3.63, 3.8) is 0 Å². The van der Waals surface area contributed by atoms with Gasteiger partial charge in [0.1, 0.15) is 5.69 Å². The lowest BCUT2D eigenvalue weighted by molar-refractivity contribution is 0.111. The number of hydrogen-bond donors (Lipinski definition) is 1. The van der Waals surface area contributed by atoms with Crippen molar-refractivity contribution in [3.05, 3.63) is 62.6 Å². The highest BCUT2D eigenvalue weighted by atomic mass is 35.5. The first-order chi connectivity index (χ1) is 12.0. The second kappa shape index (κ2) is 8.22. The van der Waals surface area contributed by atoms with Crippen molar-refractivity contribution in [1.29, 1.82) is 5.26 Å². The number of hydrogen-bond acceptors (Lipinski definition) is 5. The normalized spacial score (nSPS) is 11.9. The zero-order valence-electron chi connectivity index (χ0n) is 14.0. The lowest BCUT2D eigenvalue weighted by Gasteiger charge is -2.10. The number of aromatic nitrogens is 2. The maximum Gasteiger partial charge on any atom is 0.170 e. The van der Waals surface area contributed by atoms with Crippen LogP contribution in [0.3, 0.4) is 0 Å². The Kier molecular flexibility index (Phi) is 6.04. The standard InChI is InChI=1S/C19H17ClN4O/c1-4-16-17(8-12(2)20)19(24-23-18(16)11-25)22-10-15-7-5-6-14(9-21)13(15)3/h4-8,11H,2,10H2,1,3H3,(H,22,24)/b16-4+,17-8+. The Morgan fingerprint density at radius 2 is 2.16 bits per heavy atom. The van der Waals surface area contributed by atoms with Crippen molar-refractivity contribution in [2.24, 2.45) is 0 Å². The Balaban J connectivity index is 2.50. The van der Waals surface area contributed by atoms with E-state index in [1.54, 1.807) is 18.2 Å². The molecular weight excluding hydrogens is 336 g/mol. The molecule has 0 fully saturated rings. The molecule has 0 aliphatic rings. The van der Waals surface area contributed by atoms with Crippen LogP contribution in [0.25, 0.3) is 12.2 Å². The van der Waals surface area contributed by atoms with E-state index in [0.717, 1.165) is 11.1 Å². The molecule has 0 spiro atoms. The van der Waals surface area contributed by atoms with Crippen LogP contribution in [0.5, 0.6) is 0 Å². The number of anilines is 1. The SMILES string of the molecule is C=C(Cl)/C=c1/c(NCc2cccc(C#N)c2C)nnc(C=O)/c1=C/C. The number of rotatable bonds is 5. The predicted molar refractivity (Wildman–Crippen MR) is 99.5 cm³/mol. The van der Waals surface area contributed by atoms with Crippen LogP contribution in [0.4, 0.5) is 5.82 Å². The van der Waals surface area contributed by atoms with E-state index in [2.05, 4.69) is 28.2 Å². The fraction of sp³-hybridized carbons (Fsp3) is 0.158. The molecule has 0 unspecified atom stereocenters. The number of allylic oxidation sites excluding steroid dienone is 1. The summed E-state index contributed by atoms with van der Waals surface area (Å²) in [4.78, 5) is 11.2. The van der Waals surface area contributed by atoms with Crippen LogP contribution in [0, 0.1) is 18.3 Å². The molecule has 0 aliphatic heterocycles. The number of aldehydes is 1. The van der Waals surface area contributed by atoms with Gasteiger partial charge in [0.15, 0.2) is 12.1 Å². The molecule has 0 aliphatic carbocycles. The van der Waals surface area contributed by atoms with Crippen molar-refractivity contribution in [1.82, 2.24) is 10.2 Å². The molecule has 126 valence electrons. The highest BCUT2D eigenvalue weighted by Crippen LogP contribution is 2.13. The average molecular weight is 353 g/mol. The zero-order chi connectivity index (χ0) is 18.4. The molecule has 2 rings (SSSR count). The molecule has 2 aromatic rings. The second-order valence-corrected chi connectivity index (χ2v) is 5.80. The predicted octanol–water partition coefficient (Wildman–Crippen LogP) is 2.41. The molecule has 0 bridgehead atoms. The largest absolute Gasteiger partial charge is 0.364 e. The Bertz CT molecular complexity index is 990. The number of carbonyl (C=O) groups is 1. The Morgan fingerprint density at radius 3 is 2.76 bits per heavy atom. The number of nitrogens with one attached hydrogen (secondary N) is 1. The number of nitrogens with zero attached hydrogens (tertiary/aromatic N) is 3. The van der Waals surface area contributed by atoms with Gasteiger partial charge in [-0.25, -0.2) is 0 Å². The van der Waals surface area contributed by atoms with Crippen LogP contribution in [-0.4, -0.2) is 16.5 Å². The number of nitriles is 1. The summed E-state index contributed by atoms with van der Waals surface area (Å²) in [6.07, 6.45) is 4.07. The summed E-state index contributed by atoms with van der Waals surface area (Å²) in [5.74, 6) is 0.488. The first-order valence-electron chi connectivity index (χ1n) is 7.58. The van der Waals surface area contributed by atoms with Gasteiger partial charge in [-0.05, 0) is 37.1 Å². The molecule has 0 atom stereocenters. The van der Waals surface area contributed by atoms with Gasteiger partial charge in [0.2, 0.25) is 0 Å². The summed E-state index contributed by atoms with van der Waals surface area (Å²) in [6, 6.07) is 7.72. The number of benzene rings is 1. The third kappa shape index (κ3) is 4.11. The smallest absolute Gasteiger partial charge is 0.170 e. The Hall–Kier alpha value is -2.97. The summed E-state index contributed by atoms with van der Waals surface area (Å²) in [7, 11) is 0. The van der Waals surface area contributed by atoms with Gasteiger partial charge in [-0.15, -0.1) is 10.2 Å². The van der Waals surface area contributed by atoms with Crippen molar-refractivity contribution >= 4 is 35.9 Å². The molecule has 1 aromatic heterocycles. The fourth-order valence-corrected chi connectivity index (χ4v) is 2.59. The molecule has 5 nitrogen and oxygen atoms in total. The number of carbonyl (C=O) groups excluding carboxylic acids is 1. The summed E-state index contributed by atoms with van der Waals surface area (Å²) in [5, 5.41) is 22.0. The van der Waals surface area contributed by atoms with Crippen LogP contribution in [0.15, 0.2) is 29.8 Å². The van der Waals surface area contributed by atoms with Crippen LogP contribution < -0.4 is 15.8 Å². The van der Waals surface area contributed by atoms with E-state index in [0.29, 0.717) is 39.7 Å². The summed E-state index contributed by atoms with van der Waals surface area (Å²) >= 11 is 5.93. The first-order valence-corrected chi connectivity index (χ1v) is 7.96. The van der Waals surface area contributed by atoms with Gasteiger partial charge in [0.05, 0.1) is 11.6 Å². The van der Waals surface area contributed by atoms with Crippen LogP contribution in [-0.2, 0) is 6.54 Å². The minimum absolute atomic E-state index is 0.236. The number of halogens is 1. The van der Waals surface area contributed by atoms with Crippen molar-refractivity contribution in [3.8, 4) is 6.07 Å². The van der Waals surface area contributed by atoms with E-state index in [1.165, 1.54) is 0 Å². The minimum Gasteiger partial charge on any atom is -0.364 e. The molecule has 1 N–H and O–H groups in total. The van der Waals surface area contributed by atoms with E-state index >= 15 is 0 Å². The second-order valence-electron chi connectivity index (χ2n) is 5.31. The maximum atomic E-state index is 11.2. The van der Waals surface area contributed by atoms with E-state index in [4.69, 9.17) is 16.9 Å². The molecule has 6 heteroatoms. The molecule has 0 saturated heterocycles. The van der Waals surface area contributed by atoms with E-state index in [-0.39, 0.29) is 5.69 Å². The van der Waals surface area contributed by atoms with Gasteiger partial charge in [0.25, 0.3) is 0 Å². The summed E-state index contributed by atoms with van der Waals surface area (Å²) < 4.78 is 0. The first kappa shape index (κ1) is 18.4. The molecule has 1 heterocycles. The third-order valence-corrected chi connectivity index (χ3v) is 3.90. The van der Waals surface area contributed by atoms with Crippen molar-refractivity contribution < 1.29 is 4.79 Å². The molecule has 0 radical (unpaired) electrons. The highest BCUT2D eigenvalue weighted by molar-refractivity contribution is 6.33. The van der Waals surface area contributed by atoms with E-state index < -0.39 is 0 Å². The Morgan fingerprint density at radius 1 is 1.40 bits per heavy atom. The minimum atomic E-state index is 0.236. The molecule has 0 saturated carbocycles. The average Bonchev–Trinajstić information content (AvgIpc) is 2.60. The molecule has 1 aromatic carbocycles. The summed E-state index contributed by atoms with van der Waals surface area (Å²) in [6.45, 7) is 7.83. The van der Waals surface area contributed by atoms with Crippen molar-refractivity contribution in [2.75, 3.05) is 5.32 Å². The van der Waals surface area contributed by atoms with Gasteiger partial charge in [0, 0.05) is 22.0 Å². The van der Waals surface area contributed by atoms with Gasteiger partial charge < -0.3 is 5.32 Å². The van der Waals surface area contributed by atoms with Gasteiger partial charge in [-0.1, -0.05) is 36.4 Å². The maximum absolute atomic E-state index is 11.2. The van der Waals surface area contributed by atoms with Gasteiger partial charge in [-0.2, -0.15) is 5.26 Å². The fourth-order valence-electron chi connectivity index (χ4n) is 2.48. The van der Waals surface area contributed by atoms with E-state index in [1.807, 2.05) is 26.0 Å². The van der Waals surface area contributed by atoms with Gasteiger partial charge >= 0.3 is 0 Å². The zero-order valence-corrected chi connectivity index (χ0v) is 14.8. The van der Waals surface area contributed by atoms with Crippen LogP contribution in [0.1, 0.15) is 34.1 Å². The topological polar surface area (TPSA) is 78.7 Å². The quantitative estimate of drug-likeness (QED) is 0.836. The highest BCUT2D eigenvalue weighted by Gasteiger charge is 2.08. The lowest BCUT2D eigenvalue weighted by atomic mass is 10.0. The molecule has 0 amide bonds.